The molecule has 0 aromatic rings. The molecule has 0 aliphatic carbocycles. The lowest BCUT2D eigenvalue weighted by Crippen LogP contribution is -2.71. The molecule has 0 spiro atoms. The third kappa shape index (κ3) is 7.15. The number of carbonyl (C=O) groups excluding carboxylic acids is 1. The molecule has 0 bridgehead atoms. The quantitative estimate of drug-likeness (QED) is 0.600. The fourth-order valence-electron chi connectivity index (χ4n) is 2.35. The van der Waals surface area contributed by atoms with E-state index in [1.165, 1.54) is 4.90 Å². The van der Waals surface area contributed by atoms with E-state index in [1.807, 2.05) is 0 Å². The second-order valence-corrected chi connectivity index (χ2v) is 6.72. The molecule has 1 heterocycles. The molecule has 8 nitrogen and oxygen atoms in total. The van der Waals surface area contributed by atoms with Crippen LogP contribution in [-0.2, 0) is 19.0 Å². The highest BCUT2D eigenvalue weighted by molar-refractivity contribution is 5.73. The summed E-state index contributed by atoms with van der Waals surface area (Å²) in [4.78, 5) is 24.5. The summed E-state index contributed by atoms with van der Waals surface area (Å²) in [5.41, 5.74) is -1.18. The lowest BCUT2D eigenvalue weighted by atomic mass is 9.86. The molecule has 0 aromatic carbocycles. The minimum atomic E-state index is -0.901. The van der Waals surface area contributed by atoms with Crippen LogP contribution in [0.3, 0.4) is 0 Å². The van der Waals surface area contributed by atoms with Crippen LogP contribution in [0, 0.1) is 0 Å². The molecule has 0 radical (unpaired) electrons. The number of amides is 1. The number of methoxy groups -OCH3 is 1. The first-order valence-electron chi connectivity index (χ1n) is 7.69. The van der Waals surface area contributed by atoms with E-state index in [4.69, 9.17) is 19.3 Å². The Morgan fingerprint density at radius 2 is 1.87 bits per heavy atom. The SMILES string of the molecule is COCCOCCNC1(CC(=O)O)CN(C(=O)OC(C)(C)C)C1. The number of hydrogen-bond donors (Lipinski definition) is 2. The second-order valence-electron chi connectivity index (χ2n) is 6.72. The van der Waals surface area contributed by atoms with Crippen LogP contribution in [0.1, 0.15) is 27.2 Å². The zero-order chi connectivity index (χ0) is 17.5. The van der Waals surface area contributed by atoms with Crippen molar-refractivity contribution in [2.75, 3.05) is 46.6 Å². The van der Waals surface area contributed by atoms with Gasteiger partial charge in [-0.1, -0.05) is 0 Å². The largest absolute Gasteiger partial charge is 0.481 e. The van der Waals surface area contributed by atoms with E-state index in [0.717, 1.165) is 0 Å². The number of nitrogens with zero attached hydrogens (tertiary/aromatic N) is 1. The average Bonchev–Trinajstić information content (AvgIpc) is 2.36. The van der Waals surface area contributed by atoms with Crippen molar-refractivity contribution in [2.24, 2.45) is 0 Å². The molecule has 1 saturated heterocycles. The number of nitrogens with one attached hydrogen (secondary N) is 1. The fraction of sp³-hybridized carbons (Fsp3) is 0.867. The van der Waals surface area contributed by atoms with Crippen LogP contribution < -0.4 is 5.32 Å². The van der Waals surface area contributed by atoms with Crippen molar-refractivity contribution in [1.29, 1.82) is 0 Å². The third-order valence-electron chi connectivity index (χ3n) is 3.31. The van der Waals surface area contributed by atoms with Crippen LogP contribution in [-0.4, -0.2) is 79.8 Å². The van der Waals surface area contributed by atoms with Crippen LogP contribution >= 0.6 is 0 Å². The van der Waals surface area contributed by atoms with E-state index in [1.54, 1.807) is 27.9 Å². The van der Waals surface area contributed by atoms with E-state index >= 15 is 0 Å². The van der Waals surface area contributed by atoms with Gasteiger partial charge in [-0.25, -0.2) is 4.79 Å². The predicted octanol–water partition coefficient (Wildman–Crippen LogP) is 0.703. The molecule has 1 amide bonds. The molecule has 1 aliphatic rings. The first-order valence-corrected chi connectivity index (χ1v) is 7.69. The van der Waals surface area contributed by atoms with Crippen molar-refractivity contribution in [3.63, 3.8) is 0 Å². The minimum Gasteiger partial charge on any atom is -0.481 e. The Morgan fingerprint density at radius 1 is 1.22 bits per heavy atom. The number of aliphatic carboxylic acids is 1. The van der Waals surface area contributed by atoms with Crippen molar-refractivity contribution >= 4 is 12.1 Å². The Hall–Kier alpha value is -1.38. The van der Waals surface area contributed by atoms with Gasteiger partial charge >= 0.3 is 12.1 Å². The van der Waals surface area contributed by atoms with Crippen molar-refractivity contribution in [2.45, 2.75) is 38.3 Å². The van der Waals surface area contributed by atoms with Crippen LogP contribution in [0.15, 0.2) is 0 Å². The molecule has 1 fully saturated rings. The first-order chi connectivity index (χ1) is 10.7. The Morgan fingerprint density at radius 3 is 2.39 bits per heavy atom. The highest BCUT2D eigenvalue weighted by Crippen LogP contribution is 2.26. The third-order valence-corrected chi connectivity index (χ3v) is 3.31. The summed E-state index contributed by atoms with van der Waals surface area (Å²) in [6, 6.07) is 0. The van der Waals surface area contributed by atoms with Gasteiger partial charge < -0.3 is 29.5 Å². The summed E-state index contributed by atoms with van der Waals surface area (Å²) >= 11 is 0. The van der Waals surface area contributed by atoms with Gasteiger partial charge in [0.15, 0.2) is 0 Å². The molecule has 0 atom stereocenters. The van der Waals surface area contributed by atoms with Gasteiger partial charge in [-0.15, -0.1) is 0 Å². The van der Waals surface area contributed by atoms with Crippen LogP contribution in [0.5, 0.6) is 0 Å². The van der Waals surface area contributed by atoms with Crippen LogP contribution in [0.2, 0.25) is 0 Å². The molecule has 0 saturated carbocycles. The van der Waals surface area contributed by atoms with E-state index in [2.05, 4.69) is 5.32 Å². The predicted molar refractivity (Wildman–Crippen MR) is 83.5 cm³/mol. The molecule has 2 N–H and O–H groups in total. The molecule has 1 aliphatic heterocycles. The summed E-state index contributed by atoms with van der Waals surface area (Å²) in [5, 5.41) is 12.3. The molecule has 0 unspecified atom stereocenters. The number of likely N-dealkylation sites (tertiary alicyclic amines) is 1. The summed E-state index contributed by atoms with van der Waals surface area (Å²) in [6.45, 7) is 8.00. The normalized spacial score (nSPS) is 16.8. The fourth-order valence-corrected chi connectivity index (χ4v) is 2.35. The molecule has 8 heteroatoms. The van der Waals surface area contributed by atoms with Gasteiger partial charge in [0.05, 0.1) is 31.8 Å². The molecular formula is C15H28N2O6. The summed E-state index contributed by atoms with van der Waals surface area (Å²) < 4.78 is 15.5. The van der Waals surface area contributed by atoms with Crippen molar-refractivity contribution in [1.82, 2.24) is 10.2 Å². The van der Waals surface area contributed by atoms with Crippen LogP contribution in [0.25, 0.3) is 0 Å². The maximum Gasteiger partial charge on any atom is 0.410 e. The van der Waals surface area contributed by atoms with Crippen molar-refractivity contribution < 1.29 is 28.9 Å². The number of rotatable bonds is 9. The van der Waals surface area contributed by atoms with Crippen molar-refractivity contribution in [3.8, 4) is 0 Å². The molecule has 23 heavy (non-hydrogen) atoms. The Bertz CT molecular complexity index is 401. The molecular weight excluding hydrogens is 304 g/mol. The zero-order valence-electron chi connectivity index (χ0n) is 14.4. The monoisotopic (exact) mass is 332 g/mol. The lowest BCUT2D eigenvalue weighted by Gasteiger charge is -2.49. The first kappa shape index (κ1) is 19.7. The summed E-state index contributed by atoms with van der Waals surface area (Å²) in [5.74, 6) is -0.901. The number of ether oxygens (including phenoxy) is 3. The van der Waals surface area contributed by atoms with Gasteiger partial charge in [0.1, 0.15) is 5.60 Å². The molecule has 1 rings (SSSR count). The van der Waals surface area contributed by atoms with Gasteiger partial charge in [0.2, 0.25) is 0 Å². The van der Waals surface area contributed by atoms with Gasteiger partial charge in [0, 0.05) is 26.7 Å². The van der Waals surface area contributed by atoms with Gasteiger partial charge in [-0.05, 0) is 20.8 Å². The minimum absolute atomic E-state index is 0.0512. The molecule has 134 valence electrons. The maximum absolute atomic E-state index is 12.0. The lowest BCUT2D eigenvalue weighted by molar-refractivity contribution is -0.141. The number of carboxylic acids is 1. The van der Waals surface area contributed by atoms with E-state index < -0.39 is 23.2 Å². The highest BCUT2D eigenvalue weighted by Gasteiger charge is 2.47. The molecule has 0 aromatic heterocycles. The average molecular weight is 332 g/mol. The second kappa shape index (κ2) is 8.47. The summed E-state index contributed by atoms with van der Waals surface area (Å²) in [6.07, 6.45) is -0.471. The number of carboxylic acid groups (broad SMARTS) is 1. The van der Waals surface area contributed by atoms with Crippen LogP contribution in [0.4, 0.5) is 4.79 Å². The van der Waals surface area contributed by atoms with Crippen molar-refractivity contribution in [3.05, 3.63) is 0 Å². The van der Waals surface area contributed by atoms with E-state index in [0.29, 0.717) is 39.5 Å². The standard InChI is InChI=1S/C15H28N2O6/c1-14(2,3)23-13(20)17-10-15(11-17,9-12(18)19)16-5-6-22-8-7-21-4/h16H,5-11H2,1-4H3,(H,18,19). The van der Waals surface area contributed by atoms with Gasteiger partial charge in [-0.2, -0.15) is 0 Å². The maximum atomic E-state index is 12.0. The van der Waals surface area contributed by atoms with Gasteiger partial charge in [0.25, 0.3) is 0 Å². The Labute approximate surface area is 137 Å². The number of hydrogen-bond acceptors (Lipinski definition) is 6. The Kier molecular flexibility index (Phi) is 7.24. The highest BCUT2D eigenvalue weighted by atomic mass is 16.6. The summed E-state index contributed by atoms with van der Waals surface area (Å²) in [7, 11) is 1.60. The van der Waals surface area contributed by atoms with E-state index in [-0.39, 0.29) is 6.42 Å². The smallest absolute Gasteiger partial charge is 0.410 e. The number of carbonyl (C=O) groups is 2. The Balaban J connectivity index is 2.40. The van der Waals surface area contributed by atoms with E-state index in [9.17, 15) is 9.59 Å². The topological polar surface area (TPSA) is 97.3 Å². The van der Waals surface area contributed by atoms with Gasteiger partial charge in [-0.3, -0.25) is 4.79 Å². The zero-order valence-corrected chi connectivity index (χ0v) is 14.4.